The van der Waals surface area contributed by atoms with Crippen LogP contribution in [-0.4, -0.2) is 27.8 Å². The quantitative estimate of drug-likeness (QED) is 0.636. The van der Waals surface area contributed by atoms with Crippen LogP contribution in [0.3, 0.4) is 0 Å². The first-order valence-corrected chi connectivity index (χ1v) is 8.14. The van der Waals surface area contributed by atoms with Gasteiger partial charge in [-0.3, -0.25) is 19.7 Å². The Balaban J connectivity index is 2.76. The van der Waals surface area contributed by atoms with Gasteiger partial charge in [0.25, 0.3) is 11.6 Å². The zero-order valence-corrected chi connectivity index (χ0v) is 15.1. The van der Waals surface area contributed by atoms with Crippen molar-refractivity contribution in [2.45, 2.75) is 27.2 Å². The Morgan fingerprint density at radius 1 is 1.15 bits per heavy atom. The van der Waals surface area contributed by atoms with E-state index < -0.39 is 39.5 Å². The molecule has 0 fully saturated rings. The first kappa shape index (κ1) is 19.8. The smallest absolute Gasteiger partial charge is 0.336 e. The lowest BCUT2D eigenvalue weighted by atomic mass is 10.0. The minimum absolute atomic E-state index is 0.0396. The molecule has 0 aliphatic heterocycles. The zero-order chi connectivity index (χ0) is 20.3. The first-order valence-electron chi connectivity index (χ1n) is 8.14. The summed E-state index contributed by atoms with van der Waals surface area (Å²) in [5.74, 6) is -3.13. The van der Waals surface area contributed by atoms with Crippen molar-refractivity contribution in [2.75, 3.05) is 4.90 Å². The number of carboxylic acid groups (broad SMARTS) is 1. The van der Waals surface area contributed by atoms with Crippen molar-refractivity contribution in [3.8, 4) is 0 Å². The molecule has 2 amide bonds. The van der Waals surface area contributed by atoms with Crippen LogP contribution in [0.25, 0.3) is 0 Å². The summed E-state index contributed by atoms with van der Waals surface area (Å²) in [5.41, 5.74) is -0.0553. The highest BCUT2D eigenvalue weighted by atomic mass is 16.6. The summed E-state index contributed by atoms with van der Waals surface area (Å²) in [4.78, 5) is 48.6. The van der Waals surface area contributed by atoms with Gasteiger partial charge in [-0.25, -0.2) is 9.69 Å². The summed E-state index contributed by atoms with van der Waals surface area (Å²) in [6, 6.07) is 8.33. The fourth-order valence-corrected chi connectivity index (χ4v) is 2.78. The molecule has 0 unspecified atom stereocenters. The number of carboxylic acids is 1. The topological polar surface area (TPSA) is 118 Å². The predicted molar refractivity (Wildman–Crippen MR) is 98.1 cm³/mol. The summed E-state index contributed by atoms with van der Waals surface area (Å²) < 4.78 is 0. The molecule has 0 saturated carbocycles. The number of nitro groups is 1. The molecule has 0 radical (unpaired) electrons. The predicted octanol–water partition coefficient (Wildman–Crippen LogP) is 3.49. The van der Waals surface area contributed by atoms with Gasteiger partial charge in [0, 0.05) is 12.5 Å². The van der Waals surface area contributed by atoms with Crippen LogP contribution in [0.5, 0.6) is 0 Å². The summed E-state index contributed by atoms with van der Waals surface area (Å²) in [7, 11) is 0. The van der Waals surface area contributed by atoms with E-state index in [0.717, 1.165) is 22.6 Å². The molecule has 1 N–H and O–H groups in total. The van der Waals surface area contributed by atoms with Crippen molar-refractivity contribution in [1.29, 1.82) is 0 Å². The molecule has 0 saturated heterocycles. The highest BCUT2D eigenvalue weighted by molar-refractivity contribution is 6.25. The van der Waals surface area contributed by atoms with Gasteiger partial charge >= 0.3 is 5.97 Å². The third kappa shape index (κ3) is 3.84. The molecule has 8 heteroatoms. The second kappa shape index (κ2) is 7.77. The molecule has 2 aromatic carbocycles. The van der Waals surface area contributed by atoms with E-state index in [-0.39, 0.29) is 12.1 Å². The SMILES string of the molecule is CCC(=O)N(C(=O)c1c(C(=O)O)cccc1[N+](=O)[O-])c1ccc(C)cc1C. The van der Waals surface area contributed by atoms with Crippen LogP contribution in [-0.2, 0) is 4.79 Å². The molecule has 2 aromatic rings. The van der Waals surface area contributed by atoms with Gasteiger partial charge < -0.3 is 5.11 Å². The summed E-state index contributed by atoms with van der Waals surface area (Å²) in [6.45, 7) is 5.09. The van der Waals surface area contributed by atoms with E-state index in [2.05, 4.69) is 0 Å². The third-order valence-electron chi connectivity index (χ3n) is 4.03. The number of rotatable bonds is 5. The number of amides is 2. The second-order valence-electron chi connectivity index (χ2n) is 5.94. The van der Waals surface area contributed by atoms with E-state index in [9.17, 15) is 29.6 Å². The van der Waals surface area contributed by atoms with Crippen molar-refractivity contribution < 1.29 is 24.4 Å². The average Bonchev–Trinajstić information content (AvgIpc) is 2.62. The number of nitrogens with zero attached hydrogens (tertiary/aromatic N) is 2. The molecular weight excluding hydrogens is 352 g/mol. The lowest BCUT2D eigenvalue weighted by molar-refractivity contribution is -0.385. The van der Waals surface area contributed by atoms with Gasteiger partial charge in [0.2, 0.25) is 5.91 Å². The number of hydrogen-bond donors (Lipinski definition) is 1. The normalized spacial score (nSPS) is 10.3. The molecule has 2 rings (SSSR count). The van der Waals surface area contributed by atoms with Crippen LogP contribution in [0.1, 0.15) is 45.2 Å². The summed E-state index contributed by atoms with van der Waals surface area (Å²) in [6.07, 6.45) is -0.0396. The number of benzene rings is 2. The molecular formula is C19H18N2O6. The number of aromatic carboxylic acids is 1. The lowest BCUT2D eigenvalue weighted by Gasteiger charge is -2.23. The molecule has 0 heterocycles. The number of carbonyl (C=O) groups excluding carboxylic acids is 2. The molecule has 0 aliphatic rings. The second-order valence-corrected chi connectivity index (χ2v) is 5.94. The Bertz CT molecular complexity index is 919. The van der Waals surface area contributed by atoms with Crippen molar-refractivity contribution in [1.82, 2.24) is 0 Å². The third-order valence-corrected chi connectivity index (χ3v) is 4.03. The first-order chi connectivity index (χ1) is 12.7. The van der Waals surface area contributed by atoms with Gasteiger partial charge in [-0.1, -0.05) is 30.7 Å². The highest BCUT2D eigenvalue weighted by Gasteiger charge is 2.34. The Hall–Kier alpha value is -3.55. The van der Waals surface area contributed by atoms with Crippen molar-refractivity contribution in [3.63, 3.8) is 0 Å². The molecule has 0 aromatic heterocycles. The summed E-state index contributed by atoms with van der Waals surface area (Å²) >= 11 is 0. The molecule has 0 bridgehead atoms. The van der Waals surface area contributed by atoms with Gasteiger partial charge in [0.05, 0.1) is 16.2 Å². The highest BCUT2D eigenvalue weighted by Crippen LogP contribution is 2.29. The molecule has 27 heavy (non-hydrogen) atoms. The van der Waals surface area contributed by atoms with E-state index in [0.29, 0.717) is 5.56 Å². The Morgan fingerprint density at radius 2 is 1.81 bits per heavy atom. The van der Waals surface area contributed by atoms with Crippen molar-refractivity contribution in [3.05, 3.63) is 68.8 Å². The lowest BCUT2D eigenvalue weighted by Crippen LogP contribution is -2.38. The fraction of sp³-hybridized carbons (Fsp3) is 0.211. The summed E-state index contributed by atoms with van der Waals surface area (Å²) in [5, 5.41) is 20.7. The van der Waals surface area contributed by atoms with Crippen LogP contribution < -0.4 is 4.90 Å². The number of imide groups is 1. The maximum absolute atomic E-state index is 13.2. The van der Waals surface area contributed by atoms with E-state index >= 15 is 0 Å². The Labute approximate surface area is 155 Å². The number of hydrogen-bond acceptors (Lipinski definition) is 5. The van der Waals surface area contributed by atoms with Gasteiger partial charge in [0.1, 0.15) is 5.56 Å². The van der Waals surface area contributed by atoms with Crippen LogP contribution in [0.2, 0.25) is 0 Å². The van der Waals surface area contributed by atoms with Gasteiger partial charge in [-0.15, -0.1) is 0 Å². The maximum Gasteiger partial charge on any atom is 0.336 e. The van der Waals surface area contributed by atoms with Crippen LogP contribution >= 0.6 is 0 Å². The van der Waals surface area contributed by atoms with Crippen molar-refractivity contribution >= 4 is 29.2 Å². The molecule has 0 atom stereocenters. The van der Waals surface area contributed by atoms with Crippen molar-refractivity contribution in [2.24, 2.45) is 0 Å². The van der Waals surface area contributed by atoms with E-state index in [1.165, 1.54) is 6.07 Å². The molecule has 0 spiro atoms. The average molecular weight is 370 g/mol. The van der Waals surface area contributed by atoms with Gasteiger partial charge in [-0.2, -0.15) is 0 Å². The largest absolute Gasteiger partial charge is 0.478 e. The Morgan fingerprint density at radius 3 is 2.33 bits per heavy atom. The fourth-order valence-electron chi connectivity index (χ4n) is 2.78. The van der Waals surface area contributed by atoms with E-state index in [1.54, 1.807) is 32.0 Å². The van der Waals surface area contributed by atoms with E-state index in [4.69, 9.17) is 0 Å². The zero-order valence-electron chi connectivity index (χ0n) is 15.1. The van der Waals surface area contributed by atoms with Crippen LogP contribution in [0.4, 0.5) is 11.4 Å². The number of anilines is 1. The van der Waals surface area contributed by atoms with E-state index in [1.807, 2.05) is 6.92 Å². The number of nitro benzene ring substituents is 1. The Kier molecular flexibility index (Phi) is 5.69. The van der Waals surface area contributed by atoms with Gasteiger partial charge in [0.15, 0.2) is 0 Å². The minimum atomic E-state index is -1.49. The monoisotopic (exact) mass is 370 g/mol. The molecule has 8 nitrogen and oxygen atoms in total. The number of aryl methyl sites for hydroxylation is 2. The molecule has 0 aliphatic carbocycles. The van der Waals surface area contributed by atoms with Crippen LogP contribution in [0.15, 0.2) is 36.4 Å². The molecule has 140 valence electrons. The van der Waals surface area contributed by atoms with Crippen LogP contribution in [0, 0.1) is 24.0 Å². The minimum Gasteiger partial charge on any atom is -0.478 e. The standard InChI is InChI=1S/C19H18N2O6/c1-4-16(22)20(14-9-8-11(2)10-12(14)3)18(23)17-13(19(24)25)6-5-7-15(17)21(26)27/h5-10H,4H2,1-3H3,(H,24,25). The maximum atomic E-state index is 13.2. The number of carbonyl (C=O) groups is 3. The van der Waals surface area contributed by atoms with Gasteiger partial charge in [-0.05, 0) is 31.5 Å².